The van der Waals surface area contributed by atoms with E-state index in [4.69, 9.17) is 4.74 Å². The van der Waals surface area contributed by atoms with Crippen molar-refractivity contribution in [3.63, 3.8) is 0 Å². The summed E-state index contributed by atoms with van der Waals surface area (Å²) in [6.45, 7) is 0.836. The first-order chi connectivity index (χ1) is 8.76. The molecular weight excluding hydrogens is 476 g/mol. The van der Waals surface area contributed by atoms with Crippen molar-refractivity contribution in [3.8, 4) is 11.5 Å². The van der Waals surface area contributed by atoms with E-state index in [1.165, 1.54) is 13.4 Å². The summed E-state index contributed by atoms with van der Waals surface area (Å²) < 4.78 is 5.06. The summed E-state index contributed by atoms with van der Waals surface area (Å²) in [7, 11) is 4.20. The maximum absolute atomic E-state index is 9.79. The van der Waals surface area contributed by atoms with Crippen LogP contribution in [-0.2, 0) is 0 Å². The van der Waals surface area contributed by atoms with Crippen molar-refractivity contribution < 1.29 is 53.9 Å². The van der Waals surface area contributed by atoms with Crippen molar-refractivity contribution in [3.05, 3.63) is 18.5 Å². The summed E-state index contributed by atoms with van der Waals surface area (Å²) in [5.41, 5.74) is 0.744. The second-order valence-corrected chi connectivity index (χ2v) is 4.41. The molecule has 19 heavy (non-hydrogen) atoms. The number of hydrogen-bond acceptors (Lipinski definition) is 5. The van der Waals surface area contributed by atoms with Gasteiger partial charge in [0, 0.05) is 62.1 Å². The predicted molar refractivity (Wildman–Crippen MR) is 75.4 cm³/mol. The van der Waals surface area contributed by atoms with Crippen LogP contribution in [0.2, 0.25) is 0 Å². The molecule has 1 unspecified atom stereocenters. The largest absolute Gasteiger partial charge is 0.504 e. The molecule has 0 aliphatic carbocycles. The maximum atomic E-state index is 9.79. The smallest absolute Gasteiger partial charge is 0.162 e. The number of ether oxygens (including phenoxy) is 1. The summed E-state index contributed by atoms with van der Waals surface area (Å²) in [5.74, 6) is 1.24. The van der Waals surface area contributed by atoms with Gasteiger partial charge in [0.1, 0.15) is 12.1 Å². The van der Waals surface area contributed by atoms with Crippen molar-refractivity contribution in [2.75, 3.05) is 25.1 Å². The van der Waals surface area contributed by atoms with Gasteiger partial charge in [-0.1, -0.05) is 0 Å². The molecule has 1 aromatic carbocycles. The fourth-order valence-electron chi connectivity index (χ4n) is 1.69. The van der Waals surface area contributed by atoms with Crippen LogP contribution in [0.15, 0.2) is 18.5 Å². The van der Waals surface area contributed by atoms with E-state index >= 15 is 0 Å². The van der Waals surface area contributed by atoms with Crippen LogP contribution >= 0.6 is 9.24 Å². The van der Waals surface area contributed by atoms with E-state index in [-0.39, 0.29) is 49.8 Å². The molecular formula is C12H16AcN3O2P. The van der Waals surface area contributed by atoms with Crippen molar-refractivity contribution in [1.82, 2.24) is 9.97 Å². The molecule has 0 spiro atoms. The van der Waals surface area contributed by atoms with Gasteiger partial charge < -0.3 is 15.2 Å². The molecule has 99 valence electrons. The van der Waals surface area contributed by atoms with Gasteiger partial charge in [0.2, 0.25) is 0 Å². The van der Waals surface area contributed by atoms with Gasteiger partial charge in [-0.2, -0.15) is 0 Å². The molecule has 1 radical (unpaired) electrons. The third-order valence-corrected chi connectivity index (χ3v) is 3.02. The predicted octanol–water partition coefficient (Wildman–Crippen LogP) is 2.02. The molecule has 0 aliphatic heterocycles. The number of benzene rings is 1. The quantitative estimate of drug-likeness (QED) is 0.494. The standard InChI is InChI=1S/C12H16N3O2P.Ac/c1-17-11-6-9-8(5-10(11)16)12(15-7-14-9)13-3-2-4-18;/h5-7,16H,2-4,18H2,1H3,(H,13,14,15);. The van der Waals surface area contributed by atoms with Gasteiger partial charge >= 0.3 is 0 Å². The molecule has 2 rings (SSSR count). The van der Waals surface area contributed by atoms with Crippen LogP contribution in [0.5, 0.6) is 11.5 Å². The molecule has 0 saturated heterocycles. The van der Waals surface area contributed by atoms with Gasteiger partial charge in [-0.05, 0) is 18.6 Å². The van der Waals surface area contributed by atoms with E-state index < -0.39 is 0 Å². The Morgan fingerprint density at radius 3 is 2.84 bits per heavy atom. The molecule has 7 heteroatoms. The molecule has 1 atom stereocenters. The molecule has 0 saturated carbocycles. The summed E-state index contributed by atoms with van der Waals surface area (Å²) in [6, 6.07) is 3.32. The van der Waals surface area contributed by atoms with E-state index in [1.807, 2.05) is 0 Å². The van der Waals surface area contributed by atoms with Gasteiger partial charge in [0.15, 0.2) is 11.5 Å². The normalized spacial score (nSPS) is 10.0. The van der Waals surface area contributed by atoms with E-state index in [0.717, 1.165) is 35.8 Å². The molecule has 0 aliphatic rings. The number of anilines is 1. The summed E-state index contributed by atoms with van der Waals surface area (Å²) in [6.07, 6.45) is 3.58. The van der Waals surface area contributed by atoms with Gasteiger partial charge in [-0.15, -0.1) is 9.24 Å². The number of phenolic OH excluding ortho intramolecular Hbond substituents is 1. The van der Waals surface area contributed by atoms with Gasteiger partial charge in [-0.25, -0.2) is 9.97 Å². The number of hydrogen-bond donors (Lipinski definition) is 2. The van der Waals surface area contributed by atoms with Crippen LogP contribution < -0.4 is 10.1 Å². The minimum Gasteiger partial charge on any atom is -0.504 e. The zero-order chi connectivity index (χ0) is 13.0. The van der Waals surface area contributed by atoms with Crippen LogP contribution in [0, 0.1) is 44.1 Å². The second kappa shape index (κ2) is 8.19. The minimum atomic E-state index is 0. The number of rotatable bonds is 5. The Morgan fingerprint density at radius 2 is 2.16 bits per heavy atom. The zero-order valence-corrected chi connectivity index (χ0v) is 16.7. The molecule has 2 N–H and O–H groups in total. The maximum Gasteiger partial charge on any atom is 0.162 e. The Kier molecular flexibility index (Phi) is 7.28. The van der Waals surface area contributed by atoms with Gasteiger partial charge in [0.05, 0.1) is 12.6 Å². The Balaban J connectivity index is 0.00000180. The summed E-state index contributed by atoms with van der Waals surface area (Å²) >= 11 is 0. The number of aromatic nitrogens is 2. The third kappa shape index (κ3) is 4.15. The van der Waals surface area contributed by atoms with Crippen molar-refractivity contribution in [1.29, 1.82) is 0 Å². The molecule has 0 amide bonds. The molecule has 1 heterocycles. The van der Waals surface area contributed by atoms with E-state index in [2.05, 4.69) is 24.5 Å². The number of fused-ring (bicyclic) bond motifs is 1. The Labute approximate surface area is 150 Å². The molecule has 1 aromatic heterocycles. The Bertz CT molecular complexity index is 554. The van der Waals surface area contributed by atoms with Crippen LogP contribution in [0.4, 0.5) is 5.82 Å². The van der Waals surface area contributed by atoms with Crippen LogP contribution in [0.3, 0.4) is 0 Å². The first-order valence-corrected chi connectivity index (χ1v) is 6.53. The summed E-state index contributed by atoms with van der Waals surface area (Å²) in [5, 5.41) is 13.8. The monoisotopic (exact) mass is 492 g/mol. The molecule has 5 nitrogen and oxygen atoms in total. The average Bonchev–Trinajstić information content (AvgIpc) is 2.39. The van der Waals surface area contributed by atoms with Crippen molar-refractivity contribution in [2.45, 2.75) is 6.42 Å². The van der Waals surface area contributed by atoms with E-state index in [9.17, 15) is 5.11 Å². The van der Waals surface area contributed by atoms with E-state index in [0.29, 0.717) is 5.75 Å². The minimum absolute atomic E-state index is 0. The number of nitrogens with zero attached hydrogens (tertiary/aromatic N) is 2. The fourth-order valence-corrected chi connectivity index (χ4v) is 1.89. The summed E-state index contributed by atoms with van der Waals surface area (Å²) in [4.78, 5) is 8.37. The first-order valence-electron chi connectivity index (χ1n) is 5.72. The first kappa shape index (κ1) is 16.9. The molecule has 0 fully saturated rings. The van der Waals surface area contributed by atoms with Gasteiger partial charge in [-0.3, -0.25) is 0 Å². The van der Waals surface area contributed by atoms with Gasteiger partial charge in [0.25, 0.3) is 0 Å². The fraction of sp³-hybridized carbons (Fsp3) is 0.333. The number of nitrogens with one attached hydrogen (secondary N) is 1. The average molecular weight is 492 g/mol. The van der Waals surface area contributed by atoms with Crippen LogP contribution in [0.1, 0.15) is 6.42 Å². The van der Waals surface area contributed by atoms with Crippen molar-refractivity contribution >= 4 is 26.0 Å². The number of phenols is 1. The topological polar surface area (TPSA) is 67.3 Å². The second-order valence-electron chi connectivity index (χ2n) is 3.83. The molecule has 0 bridgehead atoms. The van der Waals surface area contributed by atoms with Crippen LogP contribution in [0.25, 0.3) is 10.9 Å². The van der Waals surface area contributed by atoms with E-state index in [1.54, 1.807) is 12.1 Å². The third-order valence-electron chi connectivity index (χ3n) is 2.61. The molecule has 2 aromatic rings. The Hall–Kier alpha value is -0.168. The number of aromatic hydroxyl groups is 1. The zero-order valence-electron chi connectivity index (χ0n) is 10.8. The van der Waals surface area contributed by atoms with Crippen LogP contribution in [-0.4, -0.2) is 34.9 Å². The Morgan fingerprint density at radius 1 is 1.37 bits per heavy atom. The van der Waals surface area contributed by atoms with Crippen molar-refractivity contribution in [2.24, 2.45) is 0 Å². The number of methoxy groups -OCH3 is 1. The SMILES string of the molecule is COc1cc2ncnc(NCCCP)c2cc1O.[Ac].